The van der Waals surface area contributed by atoms with E-state index in [9.17, 15) is 9.59 Å². The maximum absolute atomic E-state index is 11.8. The minimum absolute atomic E-state index is 0.274. The number of carbonyl (C=O) groups is 2. The molecular formula is C16H10ClNO3S2. The predicted octanol–water partition coefficient (Wildman–Crippen LogP) is 4.45. The van der Waals surface area contributed by atoms with Gasteiger partial charge in [-0.2, -0.15) is 0 Å². The Labute approximate surface area is 145 Å². The molecule has 2 aromatic heterocycles. The number of benzene rings is 1. The van der Waals surface area contributed by atoms with Gasteiger partial charge in [-0.15, -0.1) is 22.7 Å². The van der Waals surface area contributed by atoms with Crippen LogP contribution in [0.5, 0.6) is 0 Å². The number of ether oxygens (including phenoxy) is 1. The van der Waals surface area contributed by atoms with Crippen LogP contribution in [0, 0.1) is 0 Å². The lowest BCUT2D eigenvalue weighted by atomic mass is 10.3. The van der Waals surface area contributed by atoms with Crippen LogP contribution < -0.4 is 0 Å². The molecule has 0 spiro atoms. The molecule has 0 aliphatic heterocycles. The molecule has 0 aliphatic carbocycles. The number of nitrogens with zero attached hydrogens (tertiary/aromatic N) is 1. The maximum atomic E-state index is 11.8. The minimum Gasteiger partial charge on any atom is -0.454 e. The van der Waals surface area contributed by atoms with E-state index in [1.807, 2.05) is 24.3 Å². The van der Waals surface area contributed by atoms with Crippen molar-refractivity contribution in [2.45, 2.75) is 0 Å². The fraction of sp³-hybridized carbons (Fsp3) is 0.0625. The molecule has 2 heterocycles. The van der Waals surface area contributed by atoms with Crippen molar-refractivity contribution in [3.8, 4) is 0 Å². The van der Waals surface area contributed by atoms with Gasteiger partial charge in [-0.3, -0.25) is 4.79 Å². The van der Waals surface area contributed by atoms with Crippen LogP contribution in [0.3, 0.4) is 0 Å². The van der Waals surface area contributed by atoms with Crippen molar-refractivity contribution in [2.24, 2.45) is 0 Å². The van der Waals surface area contributed by atoms with Crippen molar-refractivity contribution in [2.75, 3.05) is 6.61 Å². The molecule has 3 rings (SSSR count). The van der Waals surface area contributed by atoms with Crippen molar-refractivity contribution in [3.63, 3.8) is 0 Å². The molecule has 0 radical (unpaired) electrons. The van der Waals surface area contributed by atoms with Gasteiger partial charge in [0.15, 0.2) is 6.61 Å². The summed E-state index contributed by atoms with van der Waals surface area (Å²) in [5.74, 6) is -0.858. The van der Waals surface area contributed by atoms with E-state index in [1.165, 1.54) is 17.4 Å². The fourth-order valence-corrected chi connectivity index (χ4v) is 3.66. The lowest BCUT2D eigenvalue weighted by Crippen LogP contribution is -2.11. The Morgan fingerprint density at radius 3 is 2.74 bits per heavy atom. The lowest BCUT2D eigenvalue weighted by molar-refractivity contribution is -0.136. The molecule has 0 aliphatic rings. The molecule has 1 aromatic carbocycles. The molecule has 0 N–H and O–H groups in total. The summed E-state index contributed by atoms with van der Waals surface area (Å²) in [5, 5.41) is 0.708. The molecule has 0 saturated heterocycles. The maximum Gasteiger partial charge on any atom is 0.331 e. The summed E-state index contributed by atoms with van der Waals surface area (Å²) in [6.45, 7) is -0.306. The van der Waals surface area contributed by atoms with Gasteiger partial charge in [0.1, 0.15) is 5.01 Å². The normalized spacial score (nSPS) is 11.2. The summed E-state index contributed by atoms with van der Waals surface area (Å²) in [5.41, 5.74) is 0.885. The minimum atomic E-state index is -0.583. The van der Waals surface area contributed by atoms with Gasteiger partial charge in [-0.05, 0) is 30.3 Å². The third-order valence-electron chi connectivity index (χ3n) is 2.87. The molecule has 23 heavy (non-hydrogen) atoms. The van der Waals surface area contributed by atoms with Crippen molar-refractivity contribution in [1.82, 2.24) is 4.98 Å². The van der Waals surface area contributed by atoms with E-state index < -0.39 is 5.97 Å². The van der Waals surface area contributed by atoms with E-state index in [4.69, 9.17) is 16.3 Å². The number of ketones is 1. The fourth-order valence-electron chi connectivity index (χ4n) is 1.82. The molecule has 0 fully saturated rings. The van der Waals surface area contributed by atoms with E-state index in [-0.39, 0.29) is 12.4 Å². The van der Waals surface area contributed by atoms with Crippen LogP contribution in [-0.4, -0.2) is 23.3 Å². The molecule has 116 valence electrons. The topological polar surface area (TPSA) is 56.3 Å². The number of thiazole rings is 1. The van der Waals surface area contributed by atoms with Gasteiger partial charge >= 0.3 is 5.97 Å². The van der Waals surface area contributed by atoms with Gasteiger partial charge in [0.05, 0.1) is 19.4 Å². The Morgan fingerprint density at radius 2 is 2.00 bits per heavy atom. The zero-order chi connectivity index (χ0) is 16.2. The summed E-state index contributed by atoms with van der Waals surface area (Å²) in [4.78, 5) is 28.3. The predicted molar refractivity (Wildman–Crippen MR) is 93.3 cm³/mol. The van der Waals surface area contributed by atoms with E-state index in [2.05, 4.69) is 4.98 Å². The number of thiophene rings is 1. The average molecular weight is 364 g/mol. The van der Waals surface area contributed by atoms with Gasteiger partial charge in [0.25, 0.3) is 0 Å². The van der Waals surface area contributed by atoms with Gasteiger partial charge in [-0.1, -0.05) is 23.7 Å². The summed E-state index contributed by atoms with van der Waals surface area (Å²) < 4.78 is 6.50. The zero-order valence-electron chi connectivity index (χ0n) is 11.7. The number of para-hydroxylation sites is 1. The van der Waals surface area contributed by atoms with E-state index in [0.717, 1.165) is 21.6 Å². The first-order valence-electron chi connectivity index (χ1n) is 6.61. The average Bonchev–Trinajstić information content (AvgIpc) is 3.16. The Bertz CT molecular complexity index is 865. The number of fused-ring (bicyclic) bond motifs is 1. The van der Waals surface area contributed by atoms with Crippen molar-refractivity contribution < 1.29 is 14.3 Å². The summed E-state index contributed by atoms with van der Waals surface area (Å²) in [7, 11) is 0. The number of carbonyl (C=O) groups excluding carboxylic acids is 2. The number of esters is 1. The smallest absolute Gasteiger partial charge is 0.331 e. The van der Waals surface area contributed by atoms with Crippen LogP contribution in [0.2, 0.25) is 4.34 Å². The molecule has 4 nitrogen and oxygen atoms in total. The summed E-state index contributed by atoms with van der Waals surface area (Å²) >= 11 is 8.40. The molecule has 0 saturated carbocycles. The molecule has 0 amide bonds. The van der Waals surface area contributed by atoms with Crippen molar-refractivity contribution in [3.05, 3.63) is 56.7 Å². The van der Waals surface area contributed by atoms with Crippen LogP contribution in [0.25, 0.3) is 16.3 Å². The van der Waals surface area contributed by atoms with E-state index in [1.54, 1.807) is 18.2 Å². The van der Waals surface area contributed by atoms with E-state index in [0.29, 0.717) is 14.2 Å². The Balaban J connectivity index is 1.57. The number of hydrogen-bond donors (Lipinski definition) is 0. The standard InChI is InChI=1S/C16H10ClNO3S2/c17-14-6-5-13(22-14)11(19)9-21-16(20)8-7-15-18-10-3-1-2-4-12(10)23-15/h1-8H,9H2/b8-7+. The highest BCUT2D eigenvalue weighted by Gasteiger charge is 2.11. The van der Waals surface area contributed by atoms with Crippen LogP contribution in [0.15, 0.2) is 42.5 Å². The second-order valence-corrected chi connectivity index (χ2v) is 7.27. The number of rotatable bonds is 5. The largest absolute Gasteiger partial charge is 0.454 e. The Kier molecular flexibility index (Phi) is 4.85. The highest BCUT2D eigenvalue weighted by atomic mass is 35.5. The number of aromatic nitrogens is 1. The highest BCUT2D eigenvalue weighted by molar-refractivity contribution is 7.19. The second kappa shape index (κ2) is 7.04. The first-order valence-corrected chi connectivity index (χ1v) is 8.62. The van der Waals surface area contributed by atoms with E-state index >= 15 is 0 Å². The molecule has 0 atom stereocenters. The third-order valence-corrected chi connectivity index (χ3v) is 5.14. The number of Topliss-reactive ketones (excluding diaryl/α,β-unsaturated/α-hetero) is 1. The lowest BCUT2D eigenvalue weighted by Gasteiger charge is -1.98. The van der Waals surface area contributed by atoms with Gasteiger partial charge in [-0.25, -0.2) is 9.78 Å². The quantitative estimate of drug-likeness (QED) is 0.382. The third kappa shape index (κ3) is 4.04. The van der Waals surface area contributed by atoms with Crippen LogP contribution >= 0.6 is 34.3 Å². The molecule has 0 bridgehead atoms. The molecule has 3 aromatic rings. The molecular weight excluding hydrogens is 354 g/mol. The van der Waals surface area contributed by atoms with Crippen molar-refractivity contribution in [1.29, 1.82) is 0 Å². The first-order chi connectivity index (χ1) is 11.1. The summed E-state index contributed by atoms with van der Waals surface area (Å²) in [6.07, 6.45) is 2.85. The highest BCUT2D eigenvalue weighted by Crippen LogP contribution is 2.23. The van der Waals surface area contributed by atoms with Gasteiger partial charge in [0, 0.05) is 6.08 Å². The number of halogens is 1. The molecule has 0 unspecified atom stereocenters. The molecule has 7 heteroatoms. The number of hydrogen-bond acceptors (Lipinski definition) is 6. The summed E-state index contributed by atoms with van der Waals surface area (Å²) in [6, 6.07) is 11.0. The Hall–Kier alpha value is -2.02. The van der Waals surface area contributed by atoms with Crippen molar-refractivity contribution >= 4 is 62.3 Å². The first kappa shape index (κ1) is 15.9. The van der Waals surface area contributed by atoms with Crippen LogP contribution in [0.1, 0.15) is 14.7 Å². The van der Waals surface area contributed by atoms with Crippen LogP contribution in [0.4, 0.5) is 0 Å². The van der Waals surface area contributed by atoms with Crippen LogP contribution in [-0.2, 0) is 9.53 Å². The Morgan fingerprint density at radius 1 is 1.17 bits per heavy atom. The van der Waals surface area contributed by atoms with Gasteiger partial charge in [0.2, 0.25) is 5.78 Å². The second-order valence-electron chi connectivity index (χ2n) is 4.49. The zero-order valence-corrected chi connectivity index (χ0v) is 14.1. The van der Waals surface area contributed by atoms with Gasteiger partial charge < -0.3 is 4.74 Å². The monoisotopic (exact) mass is 363 g/mol. The SMILES string of the molecule is O=C(/C=C/c1nc2ccccc2s1)OCC(=O)c1ccc(Cl)s1.